The Hall–Kier alpha value is -2.44. The van der Waals surface area contributed by atoms with Crippen molar-refractivity contribution in [1.82, 2.24) is 5.32 Å². The summed E-state index contributed by atoms with van der Waals surface area (Å²) in [5.74, 6) is -2.32. The van der Waals surface area contributed by atoms with Gasteiger partial charge in [0.25, 0.3) is 5.91 Å². The zero-order valence-corrected chi connectivity index (χ0v) is 13.7. The van der Waals surface area contributed by atoms with Crippen molar-refractivity contribution in [2.45, 2.75) is 33.1 Å². The van der Waals surface area contributed by atoms with Gasteiger partial charge < -0.3 is 15.7 Å². The summed E-state index contributed by atoms with van der Waals surface area (Å²) in [7, 11) is 0. The molecule has 1 aromatic carbocycles. The van der Waals surface area contributed by atoms with Crippen LogP contribution in [0.4, 0.5) is 10.1 Å². The second-order valence-corrected chi connectivity index (χ2v) is 6.61. The predicted octanol–water partition coefficient (Wildman–Crippen LogP) is 2.40. The molecule has 1 fully saturated rings. The largest absolute Gasteiger partial charge is 0.481 e. The molecule has 3 N–H and O–H groups in total. The van der Waals surface area contributed by atoms with Crippen molar-refractivity contribution in [2.24, 2.45) is 11.3 Å². The summed E-state index contributed by atoms with van der Waals surface area (Å²) in [6.07, 6.45) is 1.33. The first kappa shape index (κ1) is 17.9. The molecule has 0 unspecified atom stereocenters. The molecule has 24 heavy (non-hydrogen) atoms. The van der Waals surface area contributed by atoms with Gasteiger partial charge in [-0.15, -0.1) is 0 Å². The van der Waals surface area contributed by atoms with Crippen molar-refractivity contribution in [3.05, 3.63) is 29.6 Å². The minimum absolute atomic E-state index is 0.0152. The first-order valence-corrected chi connectivity index (χ1v) is 7.84. The molecule has 0 bridgehead atoms. The first-order valence-electron chi connectivity index (χ1n) is 7.84. The maximum Gasteiger partial charge on any atom is 0.311 e. The molecule has 2 rings (SSSR count). The average molecular weight is 336 g/mol. The third kappa shape index (κ3) is 4.31. The third-order valence-electron chi connectivity index (χ3n) is 3.99. The van der Waals surface area contributed by atoms with Crippen molar-refractivity contribution in [1.29, 1.82) is 0 Å². The first-order chi connectivity index (χ1) is 11.2. The molecule has 0 aliphatic heterocycles. The number of benzene rings is 1. The zero-order valence-electron chi connectivity index (χ0n) is 13.7. The van der Waals surface area contributed by atoms with Crippen LogP contribution in [0.25, 0.3) is 0 Å². The van der Waals surface area contributed by atoms with Crippen molar-refractivity contribution >= 4 is 23.5 Å². The number of aliphatic carboxylic acids is 1. The van der Waals surface area contributed by atoms with E-state index in [0.717, 1.165) is 6.07 Å². The molecule has 130 valence electrons. The van der Waals surface area contributed by atoms with Crippen molar-refractivity contribution < 1.29 is 23.9 Å². The Morgan fingerprint density at radius 1 is 1.29 bits per heavy atom. The minimum atomic E-state index is -0.933. The van der Waals surface area contributed by atoms with Crippen LogP contribution in [0.3, 0.4) is 0 Å². The summed E-state index contributed by atoms with van der Waals surface area (Å²) < 4.78 is 14.0. The van der Waals surface area contributed by atoms with Crippen LogP contribution in [-0.2, 0) is 9.59 Å². The number of carboxylic acid groups (broad SMARTS) is 1. The number of amides is 2. The average Bonchev–Trinajstić information content (AvgIpc) is 3.27. The SMILES string of the molecule is CC(C)CC(=O)Nc1ccc(C(=O)NCC2(C(=O)O)CC2)cc1F. The summed E-state index contributed by atoms with van der Waals surface area (Å²) >= 11 is 0. The van der Waals surface area contributed by atoms with Gasteiger partial charge in [-0.2, -0.15) is 0 Å². The highest BCUT2D eigenvalue weighted by atomic mass is 19.1. The van der Waals surface area contributed by atoms with Gasteiger partial charge >= 0.3 is 5.97 Å². The molecule has 6 nitrogen and oxygen atoms in total. The van der Waals surface area contributed by atoms with E-state index in [2.05, 4.69) is 10.6 Å². The number of hydrogen-bond acceptors (Lipinski definition) is 3. The fourth-order valence-electron chi connectivity index (χ4n) is 2.30. The van der Waals surface area contributed by atoms with E-state index >= 15 is 0 Å². The number of hydrogen-bond donors (Lipinski definition) is 3. The lowest BCUT2D eigenvalue weighted by molar-refractivity contribution is -0.143. The fourth-order valence-corrected chi connectivity index (χ4v) is 2.30. The van der Waals surface area contributed by atoms with Crippen LogP contribution in [0.1, 0.15) is 43.5 Å². The molecule has 1 saturated carbocycles. The van der Waals surface area contributed by atoms with Crippen LogP contribution < -0.4 is 10.6 Å². The molecule has 2 amide bonds. The Morgan fingerprint density at radius 2 is 1.96 bits per heavy atom. The fraction of sp³-hybridized carbons (Fsp3) is 0.471. The van der Waals surface area contributed by atoms with Crippen LogP contribution in [0.15, 0.2) is 18.2 Å². The Kier molecular flexibility index (Phi) is 5.21. The monoisotopic (exact) mass is 336 g/mol. The van der Waals surface area contributed by atoms with Gasteiger partial charge in [0.1, 0.15) is 5.82 Å². The van der Waals surface area contributed by atoms with E-state index in [0.29, 0.717) is 12.8 Å². The Balaban J connectivity index is 1.97. The lowest BCUT2D eigenvalue weighted by Gasteiger charge is -2.12. The lowest BCUT2D eigenvalue weighted by Crippen LogP contribution is -2.34. The lowest BCUT2D eigenvalue weighted by atomic mass is 10.1. The number of carbonyl (C=O) groups is 3. The molecule has 0 radical (unpaired) electrons. The zero-order chi connectivity index (χ0) is 17.9. The maximum absolute atomic E-state index is 14.0. The summed E-state index contributed by atoms with van der Waals surface area (Å²) in [5, 5.41) is 14.1. The van der Waals surface area contributed by atoms with E-state index < -0.39 is 23.1 Å². The molecule has 0 spiro atoms. The van der Waals surface area contributed by atoms with Crippen LogP contribution in [-0.4, -0.2) is 29.4 Å². The van der Waals surface area contributed by atoms with E-state index in [-0.39, 0.29) is 36.0 Å². The van der Waals surface area contributed by atoms with E-state index in [4.69, 9.17) is 5.11 Å². The number of carbonyl (C=O) groups excluding carboxylic acids is 2. The number of carboxylic acids is 1. The molecule has 0 saturated heterocycles. The van der Waals surface area contributed by atoms with Crippen LogP contribution in [0.5, 0.6) is 0 Å². The van der Waals surface area contributed by atoms with Gasteiger partial charge in [-0.1, -0.05) is 13.8 Å². The standard InChI is InChI=1S/C17H21FN2O4/c1-10(2)7-14(21)20-13-4-3-11(8-12(13)18)15(22)19-9-17(5-6-17)16(23)24/h3-4,8,10H,5-7,9H2,1-2H3,(H,19,22)(H,20,21)(H,23,24). The van der Waals surface area contributed by atoms with Gasteiger partial charge in [0, 0.05) is 18.5 Å². The van der Waals surface area contributed by atoms with Gasteiger partial charge in [0.2, 0.25) is 5.91 Å². The molecular formula is C17H21FN2O4. The number of anilines is 1. The highest BCUT2D eigenvalue weighted by Crippen LogP contribution is 2.45. The van der Waals surface area contributed by atoms with E-state index in [1.165, 1.54) is 12.1 Å². The molecular weight excluding hydrogens is 315 g/mol. The Labute approximate surface area is 139 Å². The van der Waals surface area contributed by atoms with Crippen molar-refractivity contribution in [3.63, 3.8) is 0 Å². The van der Waals surface area contributed by atoms with Gasteiger partial charge in [-0.05, 0) is 37.0 Å². The van der Waals surface area contributed by atoms with E-state index in [9.17, 15) is 18.8 Å². The maximum atomic E-state index is 14.0. The highest BCUT2D eigenvalue weighted by Gasteiger charge is 2.50. The van der Waals surface area contributed by atoms with Crippen molar-refractivity contribution in [3.8, 4) is 0 Å². The summed E-state index contributed by atoms with van der Waals surface area (Å²) in [6, 6.07) is 3.75. The van der Waals surface area contributed by atoms with Gasteiger partial charge in [0.15, 0.2) is 0 Å². The van der Waals surface area contributed by atoms with Crippen LogP contribution in [0, 0.1) is 17.2 Å². The quantitative estimate of drug-likeness (QED) is 0.712. The minimum Gasteiger partial charge on any atom is -0.481 e. The second kappa shape index (κ2) is 6.98. The summed E-state index contributed by atoms with van der Waals surface area (Å²) in [4.78, 5) is 34.7. The Bertz CT molecular complexity index is 669. The van der Waals surface area contributed by atoms with Gasteiger partial charge in [0.05, 0.1) is 11.1 Å². The van der Waals surface area contributed by atoms with Crippen LogP contribution in [0.2, 0.25) is 0 Å². The summed E-state index contributed by atoms with van der Waals surface area (Å²) in [6.45, 7) is 3.79. The van der Waals surface area contributed by atoms with Crippen LogP contribution >= 0.6 is 0 Å². The van der Waals surface area contributed by atoms with Gasteiger partial charge in [-0.3, -0.25) is 14.4 Å². The molecule has 1 aliphatic rings. The molecule has 0 atom stereocenters. The second-order valence-electron chi connectivity index (χ2n) is 6.61. The van der Waals surface area contributed by atoms with Crippen molar-refractivity contribution in [2.75, 3.05) is 11.9 Å². The van der Waals surface area contributed by atoms with Gasteiger partial charge in [-0.25, -0.2) is 4.39 Å². The number of rotatable bonds is 7. The normalized spacial score (nSPS) is 15.0. The molecule has 0 heterocycles. The number of nitrogens with one attached hydrogen (secondary N) is 2. The topological polar surface area (TPSA) is 95.5 Å². The third-order valence-corrected chi connectivity index (χ3v) is 3.99. The molecule has 7 heteroatoms. The predicted molar refractivity (Wildman–Crippen MR) is 86.1 cm³/mol. The molecule has 1 aromatic rings. The van der Waals surface area contributed by atoms with E-state index in [1.54, 1.807) is 0 Å². The number of halogens is 1. The van der Waals surface area contributed by atoms with E-state index in [1.807, 2.05) is 13.8 Å². The highest BCUT2D eigenvalue weighted by molar-refractivity contribution is 5.96. The molecule has 1 aliphatic carbocycles. The molecule has 0 aromatic heterocycles. The summed E-state index contributed by atoms with van der Waals surface area (Å²) in [5.41, 5.74) is -0.782. The Morgan fingerprint density at radius 3 is 2.46 bits per heavy atom. The smallest absolute Gasteiger partial charge is 0.311 e.